The van der Waals surface area contributed by atoms with Crippen LogP contribution in [0.4, 0.5) is 0 Å². The first-order valence-electron chi connectivity index (χ1n) is 18.1. The van der Waals surface area contributed by atoms with Gasteiger partial charge in [0.1, 0.15) is 22.3 Å². The summed E-state index contributed by atoms with van der Waals surface area (Å²) in [7, 11) is 0. The van der Waals surface area contributed by atoms with Crippen LogP contribution in [0.3, 0.4) is 0 Å². The smallest absolute Gasteiger partial charge is 0.145 e. The van der Waals surface area contributed by atoms with Gasteiger partial charge in [-0.25, -0.2) is 0 Å². The molecule has 0 amide bonds. The fourth-order valence-electron chi connectivity index (χ4n) is 8.82. The molecule has 4 heterocycles. The molecule has 8 aromatic carbocycles. The van der Waals surface area contributed by atoms with Gasteiger partial charge < -0.3 is 18.0 Å². The van der Waals surface area contributed by atoms with Gasteiger partial charge in [0.05, 0.1) is 50.2 Å². The van der Waals surface area contributed by atoms with Gasteiger partial charge in [-0.3, -0.25) is 0 Å². The number of hydrogen-bond donors (Lipinski definition) is 0. The molecule has 0 N–H and O–H groups in total. The van der Waals surface area contributed by atoms with Crippen molar-refractivity contribution in [3.63, 3.8) is 0 Å². The molecule has 0 fully saturated rings. The minimum absolute atomic E-state index is 0.628. The van der Waals surface area contributed by atoms with Crippen molar-refractivity contribution < 1.29 is 8.83 Å². The maximum Gasteiger partial charge on any atom is 0.145 e. The Morgan fingerprint density at radius 2 is 0.944 bits per heavy atom. The zero-order valence-corrected chi connectivity index (χ0v) is 28.7. The van der Waals surface area contributed by atoms with Crippen LogP contribution in [-0.2, 0) is 0 Å². The number of aromatic nitrogens is 2. The molecular formula is C49H27N3O2. The summed E-state index contributed by atoms with van der Waals surface area (Å²) < 4.78 is 18.0. The molecule has 0 aliphatic heterocycles. The first-order chi connectivity index (χ1) is 26.7. The van der Waals surface area contributed by atoms with Crippen LogP contribution in [0.15, 0.2) is 173 Å². The van der Waals surface area contributed by atoms with E-state index in [0.29, 0.717) is 5.56 Å². The third kappa shape index (κ3) is 3.86. The number of benzene rings is 8. The van der Waals surface area contributed by atoms with Crippen LogP contribution in [0.25, 0.3) is 110 Å². The molecule has 250 valence electrons. The molecule has 0 unspecified atom stereocenters. The van der Waals surface area contributed by atoms with E-state index in [2.05, 4.69) is 130 Å². The molecule has 0 saturated carbocycles. The summed E-state index contributed by atoms with van der Waals surface area (Å²) in [5, 5.41) is 18.5. The van der Waals surface area contributed by atoms with Gasteiger partial charge in [-0.15, -0.1) is 0 Å². The highest BCUT2D eigenvalue weighted by Crippen LogP contribution is 2.44. The Bertz CT molecular complexity index is 3570. The topological polar surface area (TPSA) is 59.9 Å². The summed E-state index contributed by atoms with van der Waals surface area (Å²) in [6.07, 6.45) is 0. The lowest BCUT2D eigenvalue weighted by molar-refractivity contribution is 0.672. The summed E-state index contributed by atoms with van der Waals surface area (Å²) in [5.74, 6) is 0. The largest absolute Gasteiger partial charge is 0.455 e. The molecule has 0 bridgehead atoms. The fraction of sp³-hybridized carbons (Fsp3) is 0. The lowest BCUT2D eigenvalue weighted by atomic mass is 10.0. The normalized spacial score (nSPS) is 12.1. The maximum absolute atomic E-state index is 9.63. The van der Waals surface area contributed by atoms with E-state index >= 15 is 0 Å². The molecule has 0 spiro atoms. The molecule has 54 heavy (non-hydrogen) atoms. The van der Waals surface area contributed by atoms with Crippen molar-refractivity contribution in [1.29, 1.82) is 5.26 Å². The van der Waals surface area contributed by atoms with Crippen LogP contribution in [0, 0.1) is 11.3 Å². The van der Waals surface area contributed by atoms with Crippen molar-refractivity contribution >= 4 is 87.5 Å². The predicted molar refractivity (Wildman–Crippen MR) is 220 cm³/mol. The molecule has 0 saturated heterocycles. The van der Waals surface area contributed by atoms with Crippen LogP contribution in [0.5, 0.6) is 0 Å². The number of hydrogen-bond acceptors (Lipinski definition) is 3. The van der Waals surface area contributed by atoms with Crippen molar-refractivity contribution in [1.82, 2.24) is 9.13 Å². The van der Waals surface area contributed by atoms with Crippen molar-refractivity contribution in [3.05, 3.63) is 169 Å². The van der Waals surface area contributed by atoms with E-state index in [1.807, 2.05) is 48.5 Å². The number of rotatable bonds is 3. The molecule has 4 aromatic heterocycles. The molecule has 0 aliphatic carbocycles. The first kappa shape index (κ1) is 29.1. The summed E-state index contributed by atoms with van der Waals surface area (Å²) in [5.41, 5.74) is 12.6. The van der Waals surface area contributed by atoms with Crippen LogP contribution in [-0.4, -0.2) is 9.13 Å². The number of nitriles is 1. The standard InChI is InChI=1S/C49H27N3O2/c50-28-29-17-19-30(20-18-29)32-22-21-31(51-39-13-5-1-11-37(39)46-41(51)25-23-35-33-9-3-7-15-44(33)53-48(35)46)27-43(32)52-40-14-6-2-12-38(40)47-42(52)26-24-36-34-10-4-8-16-45(34)54-49(36)47/h1-27H. The number of nitrogens with zero attached hydrogens (tertiary/aromatic N) is 3. The maximum atomic E-state index is 9.63. The first-order valence-corrected chi connectivity index (χ1v) is 18.1. The van der Waals surface area contributed by atoms with Crippen LogP contribution < -0.4 is 0 Å². The molecular weight excluding hydrogens is 663 g/mol. The van der Waals surface area contributed by atoms with Gasteiger partial charge in [-0.1, -0.05) is 91.0 Å². The van der Waals surface area contributed by atoms with Gasteiger partial charge in [0.15, 0.2) is 0 Å². The van der Waals surface area contributed by atoms with E-state index in [0.717, 1.165) is 110 Å². The Hall–Kier alpha value is -7.55. The van der Waals surface area contributed by atoms with Gasteiger partial charge in [-0.2, -0.15) is 5.26 Å². The molecule has 0 atom stereocenters. The van der Waals surface area contributed by atoms with Gasteiger partial charge in [0.25, 0.3) is 0 Å². The second kappa shape index (κ2) is 10.7. The summed E-state index contributed by atoms with van der Waals surface area (Å²) in [6, 6.07) is 59.4. The second-order valence-corrected chi connectivity index (χ2v) is 14.0. The lowest BCUT2D eigenvalue weighted by Gasteiger charge is -2.17. The number of fused-ring (bicyclic) bond motifs is 14. The van der Waals surface area contributed by atoms with E-state index in [1.54, 1.807) is 0 Å². The molecule has 12 aromatic rings. The highest BCUT2D eigenvalue weighted by atomic mass is 16.3. The SMILES string of the molecule is N#Cc1ccc(-c2ccc(-n3c4ccccc4c4c5oc6ccccc6c5ccc43)cc2-n2c3ccccc3c3c4oc5ccccc5c4ccc32)cc1. The van der Waals surface area contributed by atoms with Crippen molar-refractivity contribution in [2.45, 2.75) is 0 Å². The fourth-order valence-corrected chi connectivity index (χ4v) is 8.82. The van der Waals surface area contributed by atoms with Gasteiger partial charge in [0.2, 0.25) is 0 Å². The zero-order valence-electron chi connectivity index (χ0n) is 28.7. The Kier molecular flexibility index (Phi) is 5.78. The Morgan fingerprint density at radius 3 is 1.54 bits per heavy atom. The van der Waals surface area contributed by atoms with Crippen LogP contribution in [0.2, 0.25) is 0 Å². The molecule has 5 heteroatoms. The molecule has 0 radical (unpaired) electrons. The predicted octanol–water partition coefficient (Wildman–Crippen LogP) is 13.2. The van der Waals surface area contributed by atoms with Crippen molar-refractivity contribution in [2.24, 2.45) is 0 Å². The van der Waals surface area contributed by atoms with E-state index in [4.69, 9.17) is 8.83 Å². The number of furan rings is 2. The lowest BCUT2D eigenvalue weighted by Crippen LogP contribution is -2.01. The average Bonchev–Trinajstić information content (AvgIpc) is 3.98. The highest BCUT2D eigenvalue weighted by Gasteiger charge is 2.23. The van der Waals surface area contributed by atoms with Gasteiger partial charge in [0, 0.05) is 43.6 Å². The monoisotopic (exact) mass is 689 g/mol. The average molecular weight is 690 g/mol. The molecule has 0 aliphatic rings. The van der Waals surface area contributed by atoms with E-state index in [-0.39, 0.29) is 0 Å². The molecule has 12 rings (SSSR count). The minimum atomic E-state index is 0.628. The Labute approximate surface area is 307 Å². The van der Waals surface area contributed by atoms with Crippen molar-refractivity contribution in [2.75, 3.05) is 0 Å². The van der Waals surface area contributed by atoms with Crippen molar-refractivity contribution in [3.8, 4) is 28.6 Å². The minimum Gasteiger partial charge on any atom is -0.455 e. The third-order valence-corrected chi connectivity index (χ3v) is 11.2. The summed E-state index contributed by atoms with van der Waals surface area (Å²) in [6.45, 7) is 0. The van der Waals surface area contributed by atoms with Gasteiger partial charge in [-0.05, 0) is 78.4 Å². The molecule has 5 nitrogen and oxygen atoms in total. The Balaban J connectivity index is 1.20. The van der Waals surface area contributed by atoms with E-state index in [9.17, 15) is 5.26 Å². The summed E-state index contributed by atoms with van der Waals surface area (Å²) >= 11 is 0. The van der Waals surface area contributed by atoms with E-state index in [1.165, 1.54) is 0 Å². The third-order valence-electron chi connectivity index (χ3n) is 11.2. The van der Waals surface area contributed by atoms with Crippen LogP contribution >= 0.6 is 0 Å². The van der Waals surface area contributed by atoms with Crippen LogP contribution in [0.1, 0.15) is 5.56 Å². The van der Waals surface area contributed by atoms with Gasteiger partial charge >= 0.3 is 0 Å². The Morgan fingerprint density at radius 1 is 0.426 bits per heavy atom. The zero-order chi connectivity index (χ0) is 35.5. The summed E-state index contributed by atoms with van der Waals surface area (Å²) in [4.78, 5) is 0. The number of para-hydroxylation sites is 4. The quantitative estimate of drug-likeness (QED) is 0.185. The van der Waals surface area contributed by atoms with E-state index < -0.39 is 0 Å². The second-order valence-electron chi connectivity index (χ2n) is 14.0. The highest BCUT2D eigenvalue weighted by molar-refractivity contribution is 6.25.